The molecule has 0 aromatic heterocycles. The number of ether oxygens (including phenoxy) is 1. The van der Waals surface area contributed by atoms with Crippen LogP contribution < -0.4 is 0 Å². The molecular formula is C17H31NO2S. The second-order valence-corrected chi connectivity index (χ2v) is 7.51. The summed E-state index contributed by atoms with van der Waals surface area (Å²) in [5.41, 5.74) is 1.53. The SMILES string of the molecule is CCOC(C(=N)CC)C1=C(O)CC(CC(C)SCC)CC1. The first-order valence-electron chi connectivity index (χ1n) is 8.24. The van der Waals surface area contributed by atoms with Gasteiger partial charge in [0.1, 0.15) is 6.10 Å². The van der Waals surface area contributed by atoms with E-state index >= 15 is 0 Å². The summed E-state index contributed by atoms with van der Waals surface area (Å²) < 4.78 is 5.71. The Morgan fingerprint density at radius 1 is 1.43 bits per heavy atom. The van der Waals surface area contributed by atoms with Gasteiger partial charge in [0.2, 0.25) is 0 Å². The fourth-order valence-electron chi connectivity index (χ4n) is 3.08. The molecule has 2 N–H and O–H groups in total. The van der Waals surface area contributed by atoms with E-state index in [0.717, 1.165) is 30.6 Å². The van der Waals surface area contributed by atoms with Crippen LogP contribution in [0, 0.1) is 11.3 Å². The van der Waals surface area contributed by atoms with Crippen LogP contribution in [0.4, 0.5) is 0 Å². The fourth-order valence-corrected chi connectivity index (χ4v) is 4.06. The summed E-state index contributed by atoms with van der Waals surface area (Å²) in [6, 6.07) is 0. The van der Waals surface area contributed by atoms with Crippen molar-refractivity contribution < 1.29 is 9.84 Å². The minimum Gasteiger partial charge on any atom is -0.512 e. The maximum atomic E-state index is 10.4. The number of hydrogen-bond donors (Lipinski definition) is 2. The Kier molecular flexibility index (Phi) is 8.42. The summed E-state index contributed by atoms with van der Waals surface area (Å²) in [7, 11) is 0. The van der Waals surface area contributed by atoms with Crippen LogP contribution in [0.25, 0.3) is 0 Å². The molecule has 3 unspecified atom stereocenters. The highest BCUT2D eigenvalue weighted by atomic mass is 32.2. The Morgan fingerprint density at radius 2 is 2.14 bits per heavy atom. The summed E-state index contributed by atoms with van der Waals surface area (Å²) in [6.45, 7) is 8.97. The van der Waals surface area contributed by atoms with Crippen molar-refractivity contribution in [1.82, 2.24) is 0 Å². The Balaban J connectivity index is 2.70. The van der Waals surface area contributed by atoms with Gasteiger partial charge in [0.05, 0.1) is 5.76 Å². The molecule has 0 bridgehead atoms. The van der Waals surface area contributed by atoms with E-state index in [-0.39, 0.29) is 6.10 Å². The highest BCUT2D eigenvalue weighted by molar-refractivity contribution is 7.99. The lowest BCUT2D eigenvalue weighted by Gasteiger charge is -2.30. The molecule has 21 heavy (non-hydrogen) atoms. The van der Waals surface area contributed by atoms with Gasteiger partial charge < -0.3 is 15.3 Å². The van der Waals surface area contributed by atoms with Crippen molar-refractivity contribution in [2.75, 3.05) is 12.4 Å². The van der Waals surface area contributed by atoms with Crippen molar-refractivity contribution >= 4 is 17.5 Å². The van der Waals surface area contributed by atoms with Crippen molar-refractivity contribution in [3.8, 4) is 0 Å². The smallest absolute Gasteiger partial charge is 0.119 e. The Hall–Kier alpha value is -0.480. The van der Waals surface area contributed by atoms with E-state index in [1.807, 2.05) is 25.6 Å². The zero-order valence-corrected chi connectivity index (χ0v) is 14.8. The van der Waals surface area contributed by atoms with E-state index in [1.54, 1.807) is 0 Å². The molecule has 0 saturated carbocycles. The quantitative estimate of drug-likeness (QED) is 0.591. The molecule has 0 heterocycles. The first kappa shape index (κ1) is 18.6. The van der Waals surface area contributed by atoms with Crippen LogP contribution in [0.1, 0.15) is 59.8 Å². The predicted molar refractivity (Wildman–Crippen MR) is 92.6 cm³/mol. The molecule has 1 rings (SSSR count). The average Bonchev–Trinajstić information content (AvgIpc) is 2.45. The molecule has 0 fully saturated rings. The number of thioether (sulfide) groups is 1. The highest BCUT2D eigenvalue weighted by Gasteiger charge is 2.29. The van der Waals surface area contributed by atoms with Crippen molar-refractivity contribution in [3.63, 3.8) is 0 Å². The van der Waals surface area contributed by atoms with E-state index in [2.05, 4.69) is 13.8 Å². The van der Waals surface area contributed by atoms with Gasteiger partial charge in [0.25, 0.3) is 0 Å². The second kappa shape index (κ2) is 9.52. The average molecular weight is 314 g/mol. The fraction of sp³-hybridized carbons (Fsp3) is 0.824. The van der Waals surface area contributed by atoms with Crippen LogP contribution in [-0.2, 0) is 4.74 Å². The minimum absolute atomic E-state index is 0.302. The van der Waals surface area contributed by atoms with Crippen molar-refractivity contribution in [1.29, 1.82) is 5.41 Å². The largest absolute Gasteiger partial charge is 0.512 e. The van der Waals surface area contributed by atoms with Crippen molar-refractivity contribution in [3.05, 3.63) is 11.3 Å². The Morgan fingerprint density at radius 3 is 2.67 bits per heavy atom. The van der Waals surface area contributed by atoms with E-state index in [1.165, 1.54) is 6.42 Å². The summed E-state index contributed by atoms with van der Waals surface area (Å²) in [4.78, 5) is 0. The molecule has 1 aliphatic rings. The monoisotopic (exact) mass is 313 g/mol. The Bertz CT molecular complexity index is 368. The normalized spacial score (nSPS) is 22.2. The predicted octanol–water partition coefficient (Wildman–Crippen LogP) is 4.97. The number of aliphatic hydroxyl groups is 1. The first-order valence-corrected chi connectivity index (χ1v) is 9.29. The van der Waals surface area contributed by atoms with E-state index in [4.69, 9.17) is 10.1 Å². The van der Waals surface area contributed by atoms with Crippen LogP contribution in [0.3, 0.4) is 0 Å². The molecule has 3 nitrogen and oxygen atoms in total. The van der Waals surface area contributed by atoms with Crippen molar-refractivity contribution in [2.45, 2.75) is 71.2 Å². The third-order valence-electron chi connectivity index (χ3n) is 4.14. The van der Waals surface area contributed by atoms with Gasteiger partial charge >= 0.3 is 0 Å². The van der Waals surface area contributed by atoms with Gasteiger partial charge in [0.15, 0.2) is 0 Å². The molecule has 3 atom stereocenters. The van der Waals surface area contributed by atoms with Gasteiger partial charge in [-0.25, -0.2) is 0 Å². The molecule has 0 amide bonds. The molecule has 4 heteroatoms. The molecular weight excluding hydrogens is 282 g/mol. The van der Waals surface area contributed by atoms with E-state index in [0.29, 0.717) is 35.7 Å². The highest BCUT2D eigenvalue weighted by Crippen LogP contribution is 2.35. The van der Waals surface area contributed by atoms with Gasteiger partial charge in [-0.15, -0.1) is 0 Å². The van der Waals surface area contributed by atoms with E-state index in [9.17, 15) is 5.11 Å². The summed E-state index contributed by atoms with van der Waals surface area (Å²) >= 11 is 1.99. The second-order valence-electron chi connectivity index (χ2n) is 5.80. The number of rotatable bonds is 9. The molecule has 1 aliphatic carbocycles. The van der Waals surface area contributed by atoms with Crippen LogP contribution >= 0.6 is 11.8 Å². The van der Waals surface area contributed by atoms with Crippen LogP contribution in [-0.4, -0.2) is 34.5 Å². The third-order valence-corrected chi connectivity index (χ3v) is 5.23. The summed E-state index contributed by atoms with van der Waals surface area (Å²) in [5, 5.41) is 19.1. The van der Waals surface area contributed by atoms with Gasteiger partial charge in [-0.1, -0.05) is 20.8 Å². The molecule has 0 radical (unpaired) electrons. The number of allylic oxidation sites excluding steroid dienone is 1. The lowest BCUT2D eigenvalue weighted by atomic mass is 9.82. The molecule has 0 spiro atoms. The lowest BCUT2D eigenvalue weighted by molar-refractivity contribution is 0.119. The Labute approximate surface area is 134 Å². The number of hydrogen-bond acceptors (Lipinski definition) is 4. The minimum atomic E-state index is -0.302. The number of nitrogens with one attached hydrogen (secondary N) is 1. The molecule has 0 aromatic carbocycles. The van der Waals surface area contributed by atoms with Gasteiger partial charge in [-0.2, -0.15) is 11.8 Å². The number of aliphatic hydroxyl groups excluding tert-OH is 1. The first-order chi connectivity index (χ1) is 10.0. The van der Waals surface area contributed by atoms with Gasteiger partial charge in [-0.3, -0.25) is 0 Å². The maximum absolute atomic E-state index is 10.4. The topological polar surface area (TPSA) is 53.3 Å². The molecule has 122 valence electrons. The molecule has 0 saturated heterocycles. The summed E-state index contributed by atoms with van der Waals surface area (Å²) in [5.74, 6) is 2.21. The zero-order valence-electron chi connectivity index (χ0n) is 13.9. The van der Waals surface area contributed by atoms with E-state index < -0.39 is 0 Å². The van der Waals surface area contributed by atoms with Crippen LogP contribution in [0.15, 0.2) is 11.3 Å². The lowest BCUT2D eigenvalue weighted by Crippen LogP contribution is -2.29. The van der Waals surface area contributed by atoms with Crippen molar-refractivity contribution in [2.24, 2.45) is 5.92 Å². The van der Waals surface area contributed by atoms with Crippen LogP contribution in [0.2, 0.25) is 0 Å². The van der Waals surface area contributed by atoms with Crippen LogP contribution in [0.5, 0.6) is 0 Å². The zero-order chi connectivity index (χ0) is 15.8. The molecule has 0 aromatic rings. The van der Waals surface area contributed by atoms with Gasteiger partial charge in [-0.05, 0) is 44.3 Å². The summed E-state index contributed by atoms with van der Waals surface area (Å²) in [6.07, 6.45) is 4.27. The third kappa shape index (κ3) is 5.67. The standard InChI is InChI=1S/C17H31NO2S/c1-5-15(18)17(20-6-2)14-9-8-13(11-16(14)19)10-12(4)21-7-3/h12-13,17-19H,5-11H2,1-4H3. The molecule has 0 aliphatic heterocycles. The maximum Gasteiger partial charge on any atom is 0.119 e. The van der Waals surface area contributed by atoms with Gasteiger partial charge in [0, 0.05) is 29.6 Å².